The van der Waals surface area contributed by atoms with Crippen molar-refractivity contribution >= 4 is 34.1 Å². The molecule has 3 heterocycles. The van der Waals surface area contributed by atoms with Crippen molar-refractivity contribution in [2.75, 3.05) is 0 Å². The van der Waals surface area contributed by atoms with Gasteiger partial charge < -0.3 is 4.57 Å². The molecule has 7 heteroatoms. The number of nitrogens with zero attached hydrogens (tertiary/aromatic N) is 5. The predicted octanol–water partition coefficient (Wildman–Crippen LogP) is 6.16. The van der Waals surface area contributed by atoms with Crippen molar-refractivity contribution in [1.82, 2.24) is 24.5 Å². The Morgan fingerprint density at radius 2 is 1.02 bits per heavy atom. The molecule has 8 rings (SSSR count). The first-order chi connectivity index (χ1) is 20.2. The minimum atomic E-state index is -3.17. The molecule has 6 nitrogen and oxygen atoms in total. The maximum Gasteiger partial charge on any atom is 0.200 e. The molecule has 0 aliphatic carbocycles. The lowest BCUT2D eigenvalue weighted by molar-refractivity contribution is 0.592. The summed E-state index contributed by atoms with van der Waals surface area (Å²) < 4.78 is 17.3. The SMILES string of the molecule is O=P1(c2ccccc2)c2ccccc2-n2c(-c3nc(-c4ccccc4)nc(-c4ccccc4)n3)nc3cccc1c32. The molecule has 0 amide bonds. The van der Waals surface area contributed by atoms with E-state index in [4.69, 9.17) is 19.9 Å². The summed E-state index contributed by atoms with van der Waals surface area (Å²) in [7, 11) is -3.17. The van der Waals surface area contributed by atoms with Crippen LogP contribution in [0.3, 0.4) is 0 Å². The predicted molar refractivity (Wildman–Crippen MR) is 164 cm³/mol. The van der Waals surface area contributed by atoms with Gasteiger partial charge in [0.2, 0.25) is 0 Å². The second kappa shape index (κ2) is 9.19. The van der Waals surface area contributed by atoms with Crippen LogP contribution in [0, 0.1) is 0 Å². The van der Waals surface area contributed by atoms with Crippen LogP contribution in [0.25, 0.3) is 51.1 Å². The van der Waals surface area contributed by atoms with Gasteiger partial charge in [0, 0.05) is 27.0 Å². The number of aromatic nitrogens is 5. The summed E-state index contributed by atoms with van der Waals surface area (Å²) in [6.07, 6.45) is 0. The number of para-hydroxylation sites is 2. The molecule has 1 unspecified atom stereocenters. The van der Waals surface area contributed by atoms with Gasteiger partial charge >= 0.3 is 0 Å². The van der Waals surface area contributed by atoms with Crippen molar-refractivity contribution in [1.29, 1.82) is 0 Å². The van der Waals surface area contributed by atoms with Crippen LogP contribution in [0.5, 0.6) is 0 Å². The fourth-order valence-corrected chi connectivity index (χ4v) is 8.63. The van der Waals surface area contributed by atoms with Crippen molar-refractivity contribution < 1.29 is 4.57 Å². The third kappa shape index (κ3) is 3.62. The molecule has 0 N–H and O–H groups in total. The zero-order chi connectivity index (χ0) is 27.4. The second-order valence-corrected chi connectivity index (χ2v) is 12.6. The number of fused-ring (bicyclic) bond motifs is 2. The Morgan fingerprint density at radius 3 is 1.68 bits per heavy atom. The molecule has 2 aromatic heterocycles. The van der Waals surface area contributed by atoms with Crippen molar-refractivity contribution in [3.63, 3.8) is 0 Å². The minimum absolute atomic E-state index is 0.450. The van der Waals surface area contributed by atoms with Gasteiger partial charge in [-0.3, -0.25) is 4.57 Å². The van der Waals surface area contributed by atoms with E-state index in [1.165, 1.54) is 0 Å². The average Bonchev–Trinajstić information content (AvgIpc) is 3.45. The van der Waals surface area contributed by atoms with E-state index < -0.39 is 7.14 Å². The number of imidazole rings is 1. The lowest BCUT2D eigenvalue weighted by Crippen LogP contribution is -2.32. The first-order valence-electron chi connectivity index (χ1n) is 13.4. The molecule has 0 radical (unpaired) electrons. The van der Waals surface area contributed by atoms with Crippen LogP contribution >= 0.6 is 7.14 Å². The quantitative estimate of drug-likeness (QED) is 0.247. The third-order valence-corrected chi connectivity index (χ3v) is 10.6. The van der Waals surface area contributed by atoms with Gasteiger partial charge in [0.1, 0.15) is 0 Å². The van der Waals surface area contributed by atoms with Crippen LogP contribution in [0.1, 0.15) is 0 Å². The van der Waals surface area contributed by atoms with Crippen molar-refractivity contribution in [3.8, 4) is 40.1 Å². The summed E-state index contributed by atoms with van der Waals surface area (Å²) in [6, 6.07) is 43.2. The zero-order valence-corrected chi connectivity index (χ0v) is 22.7. The van der Waals surface area contributed by atoms with Gasteiger partial charge in [-0.05, 0) is 24.3 Å². The molecular weight excluding hydrogens is 525 g/mol. The van der Waals surface area contributed by atoms with E-state index in [2.05, 4.69) is 4.57 Å². The fourth-order valence-electron chi connectivity index (χ4n) is 5.62. The van der Waals surface area contributed by atoms with Gasteiger partial charge in [0.25, 0.3) is 0 Å². The van der Waals surface area contributed by atoms with E-state index >= 15 is 4.57 Å². The Morgan fingerprint density at radius 1 is 0.488 bits per heavy atom. The number of hydrogen-bond donors (Lipinski definition) is 0. The Bertz CT molecular complexity index is 2070. The maximum atomic E-state index is 15.2. The Kier molecular flexibility index (Phi) is 5.31. The number of hydrogen-bond acceptors (Lipinski definition) is 5. The summed E-state index contributed by atoms with van der Waals surface area (Å²) in [5.41, 5.74) is 4.15. The van der Waals surface area contributed by atoms with Crippen LogP contribution in [0.2, 0.25) is 0 Å². The Balaban J connectivity index is 1.45. The van der Waals surface area contributed by atoms with E-state index in [1.807, 2.05) is 133 Å². The molecular formula is C34H22N5OP. The van der Waals surface area contributed by atoms with Gasteiger partial charge in [-0.1, -0.05) is 109 Å². The van der Waals surface area contributed by atoms with E-state index in [0.717, 1.165) is 43.8 Å². The Labute approximate surface area is 236 Å². The van der Waals surface area contributed by atoms with Crippen LogP contribution < -0.4 is 15.9 Å². The molecule has 0 bridgehead atoms. The normalized spacial score (nSPS) is 15.5. The summed E-state index contributed by atoms with van der Waals surface area (Å²) in [6.45, 7) is 0. The molecule has 5 aromatic carbocycles. The van der Waals surface area contributed by atoms with Gasteiger partial charge in [0.05, 0.1) is 16.7 Å². The summed E-state index contributed by atoms with van der Waals surface area (Å²) in [5.74, 6) is 2.16. The highest BCUT2D eigenvalue weighted by atomic mass is 31.2. The van der Waals surface area contributed by atoms with Gasteiger partial charge in [0.15, 0.2) is 30.4 Å². The van der Waals surface area contributed by atoms with E-state index in [-0.39, 0.29) is 0 Å². The van der Waals surface area contributed by atoms with Gasteiger partial charge in [-0.15, -0.1) is 0 Å². The van der Waals surface area contributed by atoms with E-state index in [0.29, 0.717) is 23.3 Å². The van der Waals surface area contributed by atoms with Crippen molar-refractivity contribution in [2.45, 2.75) is 0 Å². The lowest BCUT2D eigenvalue weighted by Gasteiger charge is -2.28. The molecule has 1 atom stereocenters. The third-order valence-electron chi connectivity index (χ3n) is 7.48. The molecule has 0 spiro atoms. The molecule has 7 aromatic rings. The fraction of sp³-hybridized carbons (Fsp3) is 0. The maximum absolute atomic E-state index is 15.2. The molecule has 1 aliphatic rings. The standard InChI is InChI=1S/C34H22N5OP/c40-41(25-17-8-3-9-18-25)28-21-11-10-20-27(28)39-30-26(19-12-22-29(30)41)35-34(39)33-37-31(23-13-4-1-5-14-23)36-32(38-33)24-15-6-2-7-16-24/h1-22H. The van der Waals surface area contributed by atoms with Crippen LogP contribution in [0.15, 0.2) is 133 Å². The summed E-state index contributed by atoms with van der Waals surface area (Å²) in [5, 5.41) is 2.33. The second-order valence-electron chi connectivity index (χ2n) is 9.89. The van der Waals surface area contributed by atoms with Crippen LogP contribution in [-0.4, -0.2) is 24.5 Å². The largest absolute Gasteiger partial charge is 0.308 e. The molecule has 0 saturated heterocycles. The molecule has 41 heavy (non-hydrogen) atoms. The lowest BCUT2D eigenvalue weighted by atomic mass is 10.2. The first-order valence-corrected chi connectivity index (χ1v) is 15.1. The molecule has 0 saturated carbocycles. The molecule has 1 aliphatic heterocycles. The number of benzene rings is 5. The average molecular weight is 548 g/mol. The smallest absolute Gasteiger partial charge is 0.200 e. The monoisotopic (exact) mass is 547 g/mol. The Hall–Kier alpha value is -5.19. The van der Waals surface area contributed by atoms with Crippen LogP contribution in [-0.2, 0) is 4.57 Å². The highest BCUT2D eigenvalue weighted by Gasteiger charge is 2.40. The zero-order valence-electron chi connectivity index (χ0n) is 21.8. The van der Waals surface area contributed by atoms with Crippen LogP contribution in [0.4, 0.5) is 0 Å². The molecule has 0 fully saturated rings. The minimum Gasteiger partial charge on any atom is -0.308 e. The number of rotatable bonds is 4. The summed E-state index contributed by atoms with van der Waals surface area (Å²) in [4.78, 5) is 19.8. The van der Waals surface area contributed by atoms with E-state index in [9.17, 15) is 0 Å². The summed E-state index contributed by atoms with van der Waals surface area (Å²) >= 11 is 0. The topological polar surface area (TPSA) is 73.6 Å². The van der Waals surface area contributed by atoms with E-state index in [1.54, 1.807) is 0 Å². The molecule has 194 valence electrons. The highest BCUT2D eigenvalue weighted by molar-refractivity contribution is 7.86. The highest BCUT2D eigenvalue weighted by Crippen LogP contribution is 2.49. The first kappa shape index (κ1) is 23.7. The van der Waals surface area contributed by atoms with Crippen molar-refractivity contribution in [3.05, 3.63) is 133 Å². The van der Waals surface area contributed by atoms with Crippen molar-refractivity contribution in [2.24, 2.45) is 0 Å². The van der Waals surface area contributed by atoms with Gasteiger partial charge in [-0.2, -0.15) is 0 Å². The van der Waals surface area contributed by atoms with Gasteiger partial charge in [-0.25, -0.2) is 19.9 Å².